The summed E-state index contributed by atoms with van der Waals surface area (Å²) >= 11 is 1.67. The van der Waals surface area contributed by atoms with E-state index in [0.717, 1.165) is 0 Å². The Kier molecular flexibility index (Phi) is 4.98. The van der Waals surface area contributed by atoms with Crippen LogP contribution in [0.3, 0.4) is 0 Å². The average molecular weight is 284 g/mol. The first-order valence-corrected chi connectivity index (χ1v) is 7.27. The molecule has 0 aliphatic heterocycles. The molecule has 1 aromatic heterocycles. The maximum absolute atomic E-state index is 11.7. The lowest BCUT2D eigenvalue weighted by molar-refractivity contribution is 0.0517. The van der Waals surface area contributed by atoms with Gasteiger partial charge in [0.25, 0.3) is 0 Å². The van der Waals surface area contributed by atoms with Crippen molar-refractivity contribution >= 4 is 17.4 Å². The summed E-state index contributed by atoms with van der Waals surface area (Å²) in [6.07, 6.45) is -0.401. The normalized spacial score (nSPS) is 14.8. The molecule has 0 aromatic carbocycles. The monoisotopic (exact) mass is 284 g/mol. The Labute approximate surface area is 119 Å². The number of nitrogens with one attached hydrogen (secondary N) is 1. The molecule has 0 spiro atoms. The third-order valence-electron chi connectivity index (χ3n) is 2.88. The van der Waals surface area contributed by atoms with E-state index in [1.165, 1.54) is 10.4 Å². The van der Waals surface area contributed by atoms with Crippen LogP contribution in [0.25, 0.3) is 0 Å². The van der Waals surface area contributed by atoms with E-state index in [0.29, 0.717) is 13.1 Å². The minimum Gasteiger partial charge on any atom is -0.444 e. The lowest BCUT2D eigenvalue weighted by Gasteiger charge is -2.29. The first-order valence-electron chi connectivity index (χ1n) is 6.39. The second kappa shape index (κ2) is 5.92. The summed E-state index contributed by atoms with van der Waals surface area (Å²) in [5.74, 6) is 0. The summed E-state index contributed by atoms with van der Waals surface area (Å²) in [7, 11) is 0. The van der Waals surface area contributed by atoms with Gasteiger partial charge < -0.3 is 15.8 Å². The molecule has 3 N–H and O–H groups in total. The van der Waals surface area contributed by atoms with Crippen LogP contribution in [0.4, 0.5) is 4.79 Å². The summed E-state index contributed by atoms with van der Waals surface area (Å²) < 4.78 is 5.24. The van der Waals surface area contributed by atoms with Crippen molar-refractivity contribution in [1.29, 1.82) is 0 Å². The third-order valence-corrected chi connectivity index (χ3v) is 4.21. The summed E-state index contributed by atoms with van der Waals surface area (Å²) in [5, 5.41) is 4.86. The number of rotatable bonds is 4. The van der Waals surface area contributed by atoms with Crippen LogP contribution in [-0.4, -0.2) is 24.8 Å². The number of carbonyl (C=O) groups excluding carboxylic acids is 1. The van der Waals surface area contributed by atoms with E-state index in [4.69, 9.17) is 10.5 Å². The van der Waals surface area contributed by atoms with Gasteiger partial charge in [-0.05, 0) is 44.7 Å². The molecule has 1 aromatic rings. The van der Waals surface area contributed by atoms with Gasteiger partial charge in [0, 0.05) is 23.4 Å². The Bertz CT molecular complexity index is 437. The highest BCUT2D eigenvalue weighted by Crippen LogP contribution is 2.30. The van der Waals surface area contributed by atoms with Crippen molar-refractivity contribution in [3.05, 3.63) is 21.9 Å². The topological polar surface area (TPSA) is 64.3 Å². The molecule has 19 heavy (non-hydrogen) atoms. The molecule has 1 heterocycles. The van der Waals surface area contributed by atoms with Crippen LogP contribution in [0.1, 0.15) is 38.1 Å². The molecule has 4 nitrogen and oxygen atoms in total. The fraction of sp³-hybridized carbons (Fsp3) is 0.643. The summed E-state index contributed by atoms with van der Waals surface area (Å²) in [6.45, 7) is 10.6. The van der Waals surface area contributed by atoms with E-state index in [2.05, 4.69) is 25.2 Å². The Hall–Kier alpha value is -1.07. The van der Waals surface area contributed by atoms with Crippen LogP contribution in [0.2, 0.25) is 0 Å². The van der Waals surface area contributed by atoms with E-state index in [1.54, 1.807) is 11.3 Å². The van der Waals surface area contributed by atoms with Crippen molar-refractivity contribution in [2.24, 2.45) is 5.73 Å². The molecule has 0 fully saturated rings. The molecule has 0 saturated heterocycles. The predicted molar refractivity (Wildman–Crippen MR) is 79.7 cm³/mol. The van der Waals surface area contributed by atoms with Crippen LogP contribution in [0, 0.1) is 6.92 Å². The smallest absolute Gasteiger partial charge is 0.407 e. The number of ether oxygens (including phenoxy) is 1. The zero-order valence-electron chi connectivity index (χ0n) is 12.4. The van der Waals surface area contributed by atoms with Crippen molar-refractivity contribution in [3.63, 3.8) is 0 Å². The first kappa shape index (κ1) is 16.0. The number of nitrogens with two attached hydrogens (primary N) is 1. The van der Waals surface area contributed by atoms with Gasteiger partial charge in [-0.1, -0.05) is 6.92 Å². The molecule has 108 valence electrons. The Balaban J connectivity index is 2.68. The maximum Gasteiger partial charge on any atom is 0.407 e. The second-order valence-electron chi connectivity index (χ2n) is 6.05. The quantitative estimate of drug-likeness (QED) is 0.893. The summed E-state index contributed by atoms with van der Waals surface area (Å²) in [5.41, 5.74) is 6.37. The molecule has 0 bridgehead atoms. The van der Waals surface area contributed by atoms with Crippen molar-refractivity contribution < 1.29 is 9.53 Å². The molecular weight excluding hydrogens is 260 g/mol. The molecule has 1 atom stereocenters. The molecule has 1 rings (SSSR count). The number of thiophene rings is 1. The zero-order valence-corrected chi connectivity index (χ0v) is 13.2. The number of amides is 1. The standard InChI is InChI=1S/C14H24N2O2S/c1-10-6-7-19-11(10)14(5,8-15)9-16-12(17)18-13(2,3)4/h6-7H,8-9,15H2,1-5H3,(H,16,17). The molecule has 1 unspecified atom stereocenters. The molecular formula is C14H24N2O2S. The van der Waals surface area contributed by atoms with Gasteiger partial charge >= 0.3 is 6.09 Å². The Morgan fingerprint density at radius 2 is 2.05 bits per heavy atom. The van der Waals surface area contributed by atoms with E-state index in [1.807, 2.05) is 26.2 Å². The molecule has 0 aliphatic carbocycles. The Morgan fingerprint density at radius 3 is 2.47 bits per heavy atom. The van der Waals surface area contributed by atoms with Gasteiger partial charge in [0.05, 0.1) is 0 Å². The first-order chi connectivity index (χ1) is 8.68. The van der Waals surface area contributed by atoms with Crippen molar-refractivity contribution in [1.82, 2.24) is 5.32 Å². The van der Waals surface area contributed by atoms with Gasteiger partial charge in [0.15, 0.2) is 0 Å². The number of aryl methyl sites for hydroxylation is 1. The van der Waals surface area contributed by atoms with Crippen LogP contribution in [0.15, 0.2) is 11.4 Å². The van der Waals surface area contributed by atoms with Crippen molar-refractivity contribution in [2.75, 3.05) is 13.1 Å². The van der Waals surface area contributed by atoms with Crippen molar-refractivity contribution in [2.45, 2.75) is 45.6 Å². The molecule has 1 amide bonds. The zero-order chi connectivity index (χ0) is 14.7. The van der Waals surface area contributed by atoms with Crippen molar-refractivity contribution in [3.8, 4) is 0 Å². The molecule has 0 aliphatic rings. The minimum absolute atomic E-state index is 0.255. The molecule has 0 radical (unpaired) electrons. The second-order valence-corrected chi connectivity index (χ2v) is 6.97. The van der Waals surface area contributed by atoms with Gasteiger partial charge in [-0.25, -0.2) is 4.79 Å². The maximum atomic E-state index is 11.7. The number of alkyl carbamates (subject to hydrolysis) is 1. The lowest BCUT2D eigenvalue weighted by atomic mass is 9.87. The largest absolute Gasteiger partial charge is 0.444 e. The average Bonchev–Trinajstić information content (AvgIpc) is 2.71. The van der Waals surface area contributed by atoms with E-state index < -0.39 is 11.7 Å². The fourth-order valence-corrected chi connectivity index (χ4v) is 2.92. The van der Waals surface area contributed by atoms with Crippen LogP contribution in [0.5, 0.6) is 0 Å². The van der Waals surface area contributed by atoms with Gasteiger partial charge in [-0.3, -0.25) is 0 Å². The van der Waals surface area contributed by atoms with E-state index >= 15 is 0 Å². The molecule has 5 heteroatoms. The third kappa shape index (κ3) is 4.51. The summed E-state index contributed by atoms with van der Waals surface area (Å²) in [4.78, 5) is 12.9. The number of hydrogen-bond acceptors (Lipinski definition) is 4. The van der Waals surface area contributed by atoms with Gasteiger partial charge in [0.1, 0.15) is 5.60 Å². The number of carbonyl (C=O) groups is 1. The summed E-state index contributed by atoms with van der Waals surface area (Å²) in [6, 6.07) is 2.07. The van der Waals surface area contributed by atoms with Crippen LogP contribution in [-0.2, 0) is 10.2 Å². The van der Waals surface area contributed by atoms with E-state index in [-0.39, 0.29) is 5.41 Å². The highest BCUT2D eigenvalue weighted by atomic mass is 32.1. The van der Waals surface area contributed by atoms with Gasteiger partial charge in [0.2, 0.25) is 0 Å². The number of hydrogen-bond donors (Lipinski definition) is 2. The van der Waals surface area contributed by atoms with Gasteiger partial charge in [-0.2, -0.15) is 0 Å². The fourth-order valence-electron chi connectivity index (χ4n) is 1.82. The van der Waals surface area contributed by atoms with Crippen LogP contribution < -0.4 is 11.1 Å². The van der Waals surface area contributed by atoms with Gasteiger partial charge in [-0.15, -0.1) is 11.3 Å². The highest BCUT2D eigenvalue weighted by Gasteiger charge is 2.29. The lowest BCUT2D eigenvalue weighted by Crippen LogP contribution is -2.45. The minimum atomic E-state index is -0.484. The molecule has 0 saturated carbocycles. The predicted octanol–water partition coefficient (Wildman–Crippen LogP) is 2.80. The van der Waals surface area contributed by atoms with Crippen LogP contribution >= 0.6 is 11.3 Å². The highest BCUT2D eigenvalue weighted by molar-refractivity contribution is 7.10. The SMILES string of the molecule is Cc1ccsc1C(C)(CN)CNC(=O)OC(C)(C)C. The van der Waals surface area contributed by atoms with E-state index in [9.17, 15) is 4.79 Å². The Morgan fingerprint density at radius 1 is 1.42 bits per heavy atom.